The van der Waals surface area contributed by atoms with E-state index in [9.17, 15) is 18.8 Å². The van der Waals surface area contributed by atoms with Gasteiger partial charge in [0.25, 0.3) is 0 Å². The summed E-state index contributed by atoms with van der Waals surface area (Å²) in [5, 5.41) is 3.74. The normalized spacial score (nSPS) is 26.8. The minimum Gasteiger partial charge on any atom is -0.460 e. The number of ether oxygens (including phenoxy) is 4. The van der Waals surface area contributed by atoms with Gasteiger partial charge in [-0.2, -0.15) is 0 Å². The molecule has 2 aromatic rings. The number of rotatable bonds is 15. The molecule has 2 saturated carbocycles. The van der Waals surface area contributed by atoms with Crippen LogP contribution in [0.3, 0.4) is 0 Å². The lowest BCUT2D eigenvalue weighted by atomic mass is 9.75. The highest BCUT2D eigenvalue weighted by Gasteiger charge is 2.47. The fourth-order valence-corrected chi connectivity index (χ4v) is 7.88. The summed E-state index contributed by atoms with van der Waals surface area (Å²) in [4.78, 5) is 42.5. The van der Waals surface area contributed by atoms with Gasteiger partial charge in [0.1, 0.15) is 18.3 Å². The third-order valence-corrected chi connectivity index (χ3v) is 10.6. The number of nitrogens with zero attached hydrogens (tertiary/aromatic N) is 1. The Morgan fingerprint density at radius 3 is 2.46 bits per heavy atom. The van der Waals surface area contributed by atoms with Crippen molar-refractivity contribution in [1.29, 1.82) is 0 Å². The number of furan rings is 1. The first-order valence-corrected chi connectivity index (χ1v) is 17.6. The van der Waals surface area contributed by atoms with Crippen LogP contribution >= 0.6 is 0 Å². The molecular weight excluding hydrogens is 621 g/mol. The lowest BCUT2D eigenvalue weighted by Gasteiger charge is -2.37. The molecular formula is C36H52FN3O8. The Morgan fingerprint density at radius 1 is 0.979 bits per heavy atom. The highest BCUT2D eigenvalue weighted by Crippen LogP contribution is 2.42. The van der Waals surface area contributed by atoms with Gasteiger partial charge in [0.05, 0.1) is 25.9 Å². The van der Waals surface area contributed by atoms with Crippen molar-refractivity contribution in [2.75, 3.05) is 59.2 Å². The predicted octanol–water partition coefficient (Wildman–Crippen LogP) is 5.11. The lowest BCUT2D eigenvalue weighted by Crippen LogP contribution is -2.50. The van der Waals surface area contributed by atoms with Crippen molar-refractivity contribution in [2.24, 2.45) is 29.4 Å². The molecule has 0 unspecified atom stereocenters. The molecule has 2 amide bonds. The van der Waals surface area contributed by atoms with Crippen molar-refractivity contribution in [3.05, 3.63) is 30.0 Å². The van der Waals surface area contributed by atoms with Crippen LogP contribution in [0.5, 0.6) is 0 Å². The Bertz CT molecular complexity index is 1350. The van der Waals surface area contributed by atoms with E-state index in [1.165, 1.54) is 0 Å². The van der Waals surface area contributed by atoms with E-state index in [0.29, 0.717) is 68.2 Å². The lowest BCUT2D eigenvalue weighted by molar-refractivity contribution is -0.142. The maximum Gasteiger partial charge on any atom is 0.374 e. The average Bonchev–Trinajstić information content (AvgIpc) is 3.76. The number of hydrogen-bond acceptors (Lipinski definition) is 9. The van der Waals surface area contributed by atoms with Crippen molar-refractivity contribution < 1.29 is 42.1 Å². The SMILES string of the molecule is COCCOCCCOC(=O)c1cc2cc(NC(=O)[C@@H]3[C@H](C4CCC(OC)CC4)CCN3C(=O)C3CCC([C@H](N)CF)CC3)ccc2o1. The van der Waals surface area contributed by atoms with Crippen LogP contribution in [0.2, 0.25) is 0 Å². The van der Waals surface area contributed by atoms with Crippen LogP contribution in [0.4, 0.5) is 10.1 Å². The topological polar surface area (TPSA) is 143 Å². The first-order valence-electron chi connectivity index (χ1n) is 17.6. The number of alkyl halides is 1. The van der Waals surface area contributed by atoms with Crippen LogP contribution in [0.25, 0.3) is 11.0 Å². The van der Waals surface area contributed by atoms with Gasteiger partial charge in [0.2, 0.25) is 17.6 Å². The zero-order valence-corrected chi connectivity index (χ0v) is 28.3. The molecule has 0 radical (unpaired) electrons. The van der Waals surface area contributed by atoms with Crippen molar-refractivity contribution in [3.63, 3.8) is 0 Å². The van der Waals surface area contributed by atoms with Gasteiger partial charge in [-0.25, -0.2) is 9.18 Å². The smallest absolute Gasteiger partial charge is 0.374 e. The van der Waals surface area contributed by atoms with Gasteiger partial charge < -0.3 is 39.3 Å². The molecule has 1 saturated heterocycles. The molecule has 3 fully saturated rings. The number of anilines is 1. The van der Waals surface area contributed by atoms with Gasteiger partial charge in [-0.3, -0.25) is 9.59 Å². The van der Waals surface area contributed by atoms with Gasteiger partial charge in [-0.15, -0.1) is 0 Å². The van der Waals surface area contributed by atoms with Gasteiger partial charge in [0, 0.05) is 56.8 Å². The molecule has 5 rings (SSSR count). The van der Waals surface area contributed by atoms with E-state index in [1.807, 2.05) is 4.90 Å². The fourth-order valence-electron chi connectivity index (χ4n) is 7.88. The number of nitrogens with two attached hydrogens (primary N) is 1. The largest absolute Gasteiger partial charge is 0.460 e. The molecule has 2 heterocycles. The van der Waals surface area contributed by atoms with Crippen molar-refractivity contribution in [2.45, 2.75) is 82.4 Å². The van der Waals surface area contributed by atoms with Crippen LogP contribution in [0.1, 0.15) is 74.8 Å². The van der Waals surface area contributed by atoms with E-state index in [4.69, 9.17) is 29.1 Å². The summed E-state index contributed by atoms with van der Waals surface area (Å²) in [6.45, 7) is 1.64. The highest BCUT2D eigenvalue weighted by atomic mass is 19.1. The standard InChI is InChI=1S/C36H52FN3O8/c1-44-18-19-46-16-3-17-47-36(43)32-21-26-20-27(10-13-31(26)48-32)39-34(41)33-29(23-8-11-28(45-2)12-9-23)14-15-40(33)35(42)25-6-4-24(5-7-25)30(38)22-37/h10,13,20-21,23-25,28-30,33H,3-9,11-12,14-19,22,38H2,1-2H3,(H,39,41)/t23?,24?,25?,28?,29-,30+,33-/m0/s1. The first kappa shape index (κ1) is 36.2. The Morgan fingerprint density at radius 2 is 1.75 bits per heavy atom. The second-order valence-electron chi connectivity index (χ2n) is 13.6. The minimum absolute atomic E-state index is 0.0190. The van der Waals surface area contributed by atoms with Gasteiger partial charge >= 0.3 is 5.97 Å². The second kappa shape index (κ2) is 17.6. The number of fused-ring (bicyclic) bond motifs is 1. The minimum atomic E-state index is -0.587. The summed E-state index contributed by atoms with van der Waals surface area (Å²) in [6, 6.07) is 5.77. The predicted molar refractivity (Wildman–Crippen MR) is 178 cm³/mol. The number of amides is 2. The van der Waals surface area contributed by atoms with E-state index in [-0.39, 0.29) is 48.0 Å². The van der Waals surface area contributed by atoms with Gasteiger partial charge in [-0.05, 0) is 99.8 Å². The Balaban J connectivity index is 1.25. The number of nitrogens with one attached hydrogen (secondary N) is 1. The van der Waals surface area contributed by atoms with E-state index in [1.54, 1.807) is 38.5 Å². The number of halogens is 1. The number of carbonyl (C=O) groups is 3. The number of carbonyl (C=O) groups excluding carboxylic acids is 3. The molecule has 3 N–H and O–H groups in total. The molecule has 11 nitrogen and oxygen atoms in total. The Kier molecular flexibility index (Phi) is 13.2. The summed E-state index contributed by atoms with van der Waals surface area (Å²) in [7, 11) is 3.35. The van der Waals surface area contributed by atoms with Crippen molar-refractivity contribution >= 4 is 34.4 Å². The summed E-state index contributed by atoms with van der Waals surface area (Å²) in [6.07, 6.45) is 8.15. The number of esters is 1. The molecule has 0 spiro atoms. The van der Waals surface area contributed by atoms with Crippen LogP contribution in [-0.2, 0) is 28.5 Å². The number of methoxy groups -OCH3 is 2. The third kappa shape index (κ3) is 8.94. The van der Waals surface area contributed by atoms with Crippen LogP contribution in [0.15, 0.2) is 28.7 Å². The van der Waals surface area contributed by atoms with Crippen molar-refractivity contribution in [3.8, 4) is 0 Å². The fraction of sp³-hybridized carbons (Fsp3) is 0.694. The Hall–Kier alpha value is -3.06. The second-order valence-corrected chi connectivity index (χ2v) is 13.6. The van der Waals surface area contributed by atoms with Crippen molar-refractivity contribution in [1.82, 2.24) is 4.90 Å². The molecule has 3 atom stereocenters. The number of benzene rings is 1. The molecule has 3 aliphatic rings. The number of hydrogen-bond donors (Lipinski definition) is 2. The quantitative estimate of drug-likeness (QED) is 0.195. The zero-order valence-electron chi connectivity index (χ0n) is 28.3. The van der Waals surface area contributed by atoms with Crippen LogP contribution in [-0.4, -0.2) is 94.7 Å². The molecule has 48 heavy (non-hydrogen) atoms. The molecule has 1 aromatic heterocycles. The number of likely N-dealkylation sites (tertiary alicyclic amines) is 1. The molecule has 2 aliphatic carbocycles. The summed E-state index contributed by atoms with van der Waals surface area (Å²) in [5.41, 5.74) is 7.03. The van der Waals surface area contributed by atoms with E-state index in [2.05, 4.69) is 5.32 Å². The maximum atomic E-state index is 14.1. The average molecular weight is 674 g/mol. The van der Waals surface area contributed by atoms with E-state index >= 15 is 0 Å². The van der Waals surface area contributed by atoms with Crippen LogP contribution in [0, 0.1) is 23.7 Å². The molecule has 12 heteroatoms. The molecule has 1 aliphatic heterocycles. The summed E-state index contributed by atoms with van der Waals surface area (Å²) >= 11 is 0. The highest BCUT2D eigenvalue weighted by molar-refractivity contribution is 6.00. The molecule has 266 valence electrons. The Labute approximate surface area is 282 Å². The third-order valence-electron chi connectivity index (χ3n) is 10.6. The zero-order chi connectivity index (χ0) is 34.0. The maximum absolute atomic E-state index is 14.1. The van der Waals surface area contributed by atoms with E-state index < -0.39 is 24.7 Å². The monoisotopic (exact) mass is 673 g/mol. The van der Waals surface area contributed by atoms with E-state index in [0.717, 1.165) is 44.9 Å². The summed E-state index contributed by atoms with van der Waals surface area (Å²) in [5.74, 6) is -0.400. The molecule has 0 bridgehead atoms. The first-order chi connectivity index (χ1) is 23.3. The van der Waals surface area contributed by atoms with Gasteiger partial charge in [0.15, 0.2) is 0 Å². The van der Waals surface area contributed by atoms with Gasteiger partial charge in [-0.1, -0.05) is 0 Å². The molecule has 1 aromatic carbocycles. The van der Waals surface area contributed by atoms with Crippen LogP contribution < -0.4 is 11.1 Å². The summed E-state index contributed by atoms with van der Waals surface area (Å²) < 4.78 is 40.2.